The summed E-state index contributed by atoms with van der Waals surface area (Å²) < 4.78 is 0. The molecule has 3 N–H and O–H groups in total. The number of thioether (sulfide) groups is 1. The predicted octanol–water partition coefficient (Wildman–Crippen LogP) is 3.15. The normalized spacial score (nSPS) is 17.1. The molecule has 0 bridgehead atoms. The molecule has 1 aromatic carbocycles. The minimum atomic E-state index is -1.06. The quantitative estimate of drug-likeness (QED) is 0.456. The highest BCUT2D eigenvalue weighted by atomic mass is 32.2. The second kappa shape index (κ2) is 10.2. The Labute approximate surface area is 212 Å². The van der Waals surface area contributed by atoms with Gasteiger partial charge in [0.25, 0.3) is 11.8 Å². The standard InChI is InChI=1S/C25H27N5O3S2/c1-5-25(3,33)12-11-18-15(2)20-24(35-18)30(4)23(32)17(14-34-20)26-22(31)21-27-19(28-29-21)13-16-9-7-6-8-10-16/h6-10,17,33H,5,13-14H2,1-4H3,(H,26,31)(H,27,28,29)/t17-,25?/m0/s1. The predicted molar refractivity (Wildman–Crippen MR) is 138 cm³/mol. The molecule has 35 heavy (non-hydrogen) atoms. The topological polar surface area (TPSA) is 111 Å². The minimum absolute atomic E-state index is 0.00659. The fourth-order valence-corrected chi connectivity index (χ4v) is 5.96. The van der Waals surface area contributed by atoms with E-state index in [2.05, 4.69) is 32.3 Å². The van der Waals surface area contributed by atoms with Crippen LogP contribution in [-0.2, 0) is 11.2 Å². The number of thiophene rings is 1. The molecule has 2 amide bonds. The number of carbonyl (C=O) groups is 2. The lowest BCUT2D eigenvalue weighted by Gasteiger charge is -2.19. The number of hydrogen-bond donors (Lipinski definition) is 3. The van der Waals surface area contributed by atoms with Crippen LogP contribution in [0.25, 0.3) is 0 Å². The number of aromatic nitrogens is 3. The molecule has 2 aromatic heterocycles. The van der Waals surface area contributed by atoms with Crippen LogP contribution in [0.2, 0.25) is 0 Å². The van der Waals surface area contributed by atoms with Gasteiger partial charge in [0, 0.05) is 24.1 Å². The molecule has 8 nitrogen and oxygen atoms in total. The summed E-state index contributed by atoms with van der Waals surface area (Å²) in [6.45, 7) is 5.53. The van der Waals surface area contributed by atoms with Crippen LogP contribution in [0.15, 0.2) is 35.2 Å². The number of likely N-dealkylation sites (N-methyl/N-ethyl adjacent to an activating group) is 1. The van der Waals surface area contributed by atoms with Crippen molar-refractivity contribution in [2.45, 2.75) is 50.2 Å². The van der Waals surface area contributed by atoms with Crippen molar-refractivity contribution in [3.05, 3.63) is 58.0 Å². The molecule has 0 radical (unpaired) electrons. The van der Waals surface area contributed by atoms with E-state index in [1.54, 1.807) is 18.9 Å². The third kappa shape index (κ3) is 5.59. The molecule has 3 aromatic rings. The number of fused-ring (bicyclic) bond motifs is 1. The third-order valence-corrected chi connectivity index (χ3v) is 8.49. The molecule has 3 heterocycles. The van der Waals surface area contributed by atoms with Crippen molar-refractivity contribution in [2.24, 2.45) is 0 Å². The zero-order chi connectivity index (χ0) is 25.2. The number of aliphatic hydroxyl groups is 1. The van der Waals surface area contributed by atoms with Gasteiger partial charge < -0.3 is 15.3 Å². The lowest BCUT2D eigenvalue weighted by molar-refractivity contribution is -0.119. The van der Waals surface area contributed by atoms with Crippen molar-refractivity contribution >= 4 is 39.9 Å². The molecule has 182 valence electrons. The zero-order valence-corrected chi connectivity index (χ0v) is 21.6. The Bertz CT molecular complexity index is 1300. The van der Waals surface area contributed by atoms with Gasteiger partial charge in [0.15, 0.2) is 0 Å². The molecule has 0 fully saturated rings. The van der Waals surface area contributed by atoms with Gasteiger partial charge in [0.05, 0.1) is 4.88 Å². The van der Waals surface area contributed by atoms with Crippen LogP contribution < -0.4 is 10.2 Å². The van der Waals surface area contributed by atoms with Crippen LogP contribution in [0, 0.1) is 18.8 Å². The maximum absolute atomic E-state index is 13.2. The maximum Gasteiger partial charge on any atom is 0.291 e. The monoisotopic (exact) mass is 509 g/mol. The highest BCUT2D eigenvalue weighted by molar-refractivity contribution is 7.99. The first-order valence-corrected chi connectivity index (χ1v) is 13.0. The number of anilines is 1. The molecule has 0 aliphatic carbocycles. The van der Waals surface area contributed by atoms with Crippen molar-refractivity contribution in [2.75, 3.05) is 17.7 Å². The molecular formula is C25H27N5O3S2. The number of nitrogens with one attached hydrogen (secondary N) is 2. The van der Waals surface area contributed by atoms with Gasteiger partial charge >= 0.3 is 0 Å². The Morgan fingerprint density at radius 3 is 2.83 bits per heavy atom. The van der Waals surface area contributed by atoms with Gasteiger partial charge in [0.2, 0.25) is 5.82 Å². The Balaban J connectivity index is 1.46. The highest BCUT2D eigenvalue weighted by Gasteiger charge is 2.33. The Morgan fingerprint density at radius 2 is 2.11 bits per heavy atom. The first-order chi connectivity index (χ1) is 16.7. The Kier molecular flexibility index (Phi) is 7.31. The molecule has 0 saturated heterocycles. The van der Waals surface area contributed by atoms with E-state index in [4.69, 9.17) is 0 Å². The molecular weight excluding hydrogens is 482 g/mol. The van der Waals surface area contributed by atoms with Crippen molar-refractivity contribution in [3.8, 4) is 11.8 Å². The van der Waals surface area contributed by atoms with Crippen molar-refractivity contribution in [1.82, 2.24) is 20.5 Å². The van der Waals surface area contributed by atoms with E-state index < -0.39 is 17.6 Å². The highest BCUT2D eigenvalue weighted by Crippen LogP contribution is 2.44. The second-order valence-corrected chi connectivity index (χ2v) is 10.6. The van der Waals surface area contributed by atoms with E-state index in [9.17, 15) is 14.7 Å². The van der Waals surface area contributed by atoms with Crippen molar-refractivity contribution in [3.63, 3.8) is 0 Å². The smallest absolute Gasteiger partial charge is 0.291 e. The average Bonchev–Trinajstić information content (AvgIpc) is 3.41. The number of amides is 2. The van der Waals surface area contributed by atoms with Crippen LogP contribution >= 0.6 is 23.1 Å². The summed E-state index contributed by atoms with van der Waals surface area (Å²) in [5.74, 6) is 6.24. The zero-order valence-electron chi connectivity index (χ0n) is 20.0. The fraction of sp³-hybridized carbons (Fsp3) is 0.360. The minimum Gasteiger partial charge on any atom is -0.378 e. The number of H-pyrrole nitrogens is 1. The third-order valence-electron chi connectivity index (χ3n) is 5.79. The molecule has 0 saturated carbocycles. The summed E-state index contributed by atoms with van der Waals surface area (Å²) in [4.78, 5) is 33.6. The molecule has 0 spiro atoms. The van der Waals surface area contributed by atoms with Gasteiger partial charge in [-0.15, -0.1) is 28.2 Å². The summed E-state index contributed by atoms with van der Waals surface area (Å²) in [5.41, 5.74) is 0.969. The van der Waals surface area contributed by atoms with Gasteiger partial charge in [-0.05, 0) is 31.4 Å². The Morgan fingerprint density at radius 1 is 1.37 bits per heavy atom. The first-order valence-electron chi connectivity index (χ1n) is 11.2. The molecule has 2 atom stereocenters. The number of rotatable bonds is 5. The second-order valence-electron chi connectivity index (χ2n) is 8.57. The van der Waals surface area contributed by atoms with E-state index in [1.165, 1.54) is 23.1 Å². The van der Waals surface area contributed by atoms with Crippen LogP contribution in [0.1, 0.15) is 52.7 Å². The fourth-order valence-electron chi connectivity index (χ4n) is 3.44. The lowest BCUT2D eigenvalue weighted by Crippen LogP contribution is -2.48. The summed E-state index contributed by atoms with van der Waals surface area (Å²) in [6, 6.07) is 9.05. The SMILES string of the molecule is CCC(C)(O)C#Cc1sc2c(c1C)SC[C@H](NC(=O)c1n[nH]c(Cc3ccccc3)n1)C(=O)N2C. The van der Waals surface area contributed by atoms with Gasteiger partial charge in [-0.3, -0.25) is 14.7 Å². The van der Waals surface area contributed by atoms with Gasteiger partial charge in [-0.1, -0.05) is 49.1 Å². The van der Waals surface area contributed by atoms with Crippen LogP contribution in [-0.4, -0.2) is 56.5 Å². The summed E-state index contributed by atoms with van der Waals surface area (Å²) in [5, 5.41) is 20.6. The first kappa shape index (κ1) is 25.0. The maximum atomic E-state index is 13.2. The summed E-state index contributed by atoms with van der Waals surface area (Å²) in [6.07, 6.45) is 1.05. The number of hydrogen-bond acceptors (Lipinski definition) is 7. The lowest BCUT2D eigenvalue weighted by atomic mass is 10.1. The number of aromatic amines is 1. The largest absolute Gasteiger partial charge is 0.378 e. The van der Waals surface area contributed by atoms with Crippen molar-refractivity contribution in [1.29, 1.82) is 0 Å². The van der Waals surface area contributed by atoms with Crippen LogP contribution in [0.5, 0.6) is 0 Å². The van der Waals surface area contributed by atoms with E-state index in [-0.39, 0.29) is 11.7 Å². The average molecular weight is 510 g/mol. The molecule has 1 aliphatic heterocycles. The van der Waals surface area contributed by atoms with Gasteiger partial charge in [0.1, 0.15) is 22.5 Å². The molecule has 4 rings (SSSR count). The summed E-state index contributed by atoms with van der Waals surface area (Å²) >= 11 is 2.93. The van der Waals surface area contributed by atoms with Crippen LogP contribution in [0.3, 0.4) is 0 Å². The van der Waals surface area contributed by atoms with Gasteiger partial charge in [-0.2, -0.15) is 0 Å². The number of nitrogens with zero attached hydrogens (tertiary/aromatic N) is 3. The van der Waals surface area contributed by atoms with Crippen LogP contribution in [0.4, 0.5) is 5.00 Å². The van der Waals surface area contributed by atoms with E-state index in [0.29, 0.717) is 24.4 Å². The van der Waals surface area contributed by atoms with E-state index in [0.717, 1.165) is 25.9 Å². The van der Waals surface area contributed by atoms with Gasteiger partial charge in [-0.25, -0.2) is 4.98 Å². The molecule has 1 unspecified atom stereocenters. The van der Waals surface area contributed by atoms with E-state index in [1.807, 2.05) is 44.2 Å². The van der Waals surface area contributed by atoms with Crippen molar-refractivity contribution < 1.29 is 14.7 Å². The van der Waals surface area contributed by atoms with E-state index >= 15 is 0 Å². The molecule has 10 heteroatoms. The summed E-state index contributed by atoms with van der Waals surface area (Å²) in [7, 11) is 1.70. The number of carbonyl (C=O) groups excluding carboxylic acids is 2. The number of benzene rings is 1. The Hall–Kier alpha value is -3.13. The molecule has 1 aliphatic rings.